The fraction of sp³-hybridized carbons (Fsp3) is 0.903. The van der Waals surface area contributed by atoms with E-state index >= 15 is 0 Å². The van der Waals surface area contributed by atoms with Crippen LogP contribution in [0.5, 0.6) is 0 Å². The minimum absolute atomic E-state index is 0.0686. The Morgan fingerprint density at radius 3 is 1.03 bits per heavy atom. The van der Waals surface area contributed by atoms with Crippen LogP contribution in [-0.2, 0) is 0 Å². The van der Waals surface area contributed by atoms with Crippen LogP contribution in [0.1, 0.15) is 259 Å². The van der Waals surface area contributed by atoms with Gasteiger partial charge < -0.3 is 47.0 Å². The van der Waals surface area contributed by atoms with Gasteiger partial charge in [0.2, 0.25) is 0 Å². The number of anilines is 3. The number of hydrogen-bond acceptors (Lipinski definition) is 9. The van der Waals surface area contributed by atoms with E-state index in [0.29, 0.717) is 24.2 Å². The van der Waals surface area contributed by atoms with E-state index in [1.807, 2.05) is 0 Å². The molecular weight excluding hydrogens is 871 g/mol. The molecule has 1 aromatic rings. The lowest BCUT2D eigenvalue weighted by molar-refractivity contribution is 0.145. The smallest absolute Gasteiger partial charge is 0.0410 e. The van der Waals surface area contributed by atoms with Gasteiger partial charge in [-0.15, -0.1) is 0 Å². The van der Waals surface area contributed by atoms with Gasteiger partial charge in [-0.1, -0.05) is 64.7 Å². The van der Waals surface area contributed by atoms with Crippen LogP contribution >= 0.6 is 0 Å². The van der Waals surface area contributed by atoms with Crippen LogP contribution < -0.4 is 47.0 Å². The summed E-state index contributed by atoms with van der Waals surface area (Å²) in [5.41, 5.74) is 5.16. The standard InChI is InChI=1S/C62H119N9/c1-18-19-20-21-22-27-32-63-48-37-51(70(53-44-59(10,11)68-60(12,13)45-53)35-30-25-23-28-33-64-49-40-55(2,3)66-56(4,5)41-49)39-52(38-48)71(54-46-61(14,15)69-62(16,17)47-54)36-31-26-24-29-34-65-50-42-57(6,7)67-58(8,9)43-50/h37-39,49-50,53-54,63-69H,18-36,40-47H2,1-17H3. The van der Waals surface area contributed by atoms with E-state index in [1.165, 1.54) is 133 Å². The highest BCUT2D eigenvalue weighted by atomic mass is 15.2. The highest BCUT2D eigenvalue weighted by Gasteiger charge is 2.43. The van der Waals surface area contributed by atoms with Crippen molar-refractivity contribution in [2.75, 3.05) is 47.8 Å². The van der Waals surface area contributed by atoms with Gasteiger partial charge in [0, 0.05) is 105 Å². The molecule has 0 spiro atoms. The number of benzene rings is 1. The monoisotopic (exact) mass is 990 g/mol. The molecule has 4 fully saturated rings. The Morgan fingerprint density at radius 1 is 0.380 bits per heavy atom. The van der Waals surface area contributed by atoms with Crippen molar-refractivity contribution in [2.45, 2.75) is 327 Å². The minimum Gasteiger partial charge on any atom is -0.385 e. The second-order valence-corrected chi connectivity index (χ2v) is 29.5. The molecule has 0 saturated carbocycles. The minimum atomic E-state index is 0.0686. The zero-order chi connectivity index (χ0) is 52.4. The summed E-state index contributed by atoms with van der Waals surface area (Å²) in [5, 5.41) is 27.8. The average molecular weight is 991 g/mol. The third kappa shape index (κ3) is 21.1. The first-order valence-electron chi connectivity index (χ1n) is 30.0. The van der Waals surface area contributed by atoms with Crippen molar-refractivity contribution in [2.24, 2.45) is 0 Å². The third-order valence-electron chi connectivity index (χ3n) is 16.5. The van der Waals surface area contributed by atoms with Crippen molar-refractivity contribution >= 4 is 17.1 Å². The highest BCUT2D eigenvalue weighted by molar-refractivity contribution is 5.70. The maximum Gasteiger partial charge on any atom is 0.0410 e. The summed E-state index contributed by atoms with van der Waals surface area (Å²) in [6.07, 6.45) is 27.4. The fourth-order valence-electron chi connectivity index (χ4n) is 15.3. The topological polar surface area (TPSA) is 90.7 Å². The molecular formula is C62H119N9. The number of unbranched alkanes of at least 4 members (excludes halogenated alkanes) is 11. The number of piperidine rings is 4. The van der Waals surface area contributed by atoms with Crippen LogP contribution in [0.2, 0.25) is 0 Å². The molecule has 0 unspecified atom stereocenters. The van der Waals surface area contributed by atoms with Crippen molar-refractivity contribution in [3.8, 4) is 0 Å². The summed E-state index contributed by atoms with van der Waals surface area (Å²) >= 11 is 0. The lowest BCUT2D eigenvalue weighted by Gasteiger charge is -2.51. The summed E-state index contributed by atoms with van der Waals surface area (Å²) < 4.78 is 0. The van der Waals surface area contributed by atoms with Gasteiger partial charge in [-0.25, -0.2) is 0 Å². The Morgan fingerprint density at radius 2 is 0.676 bits per heavy atom. The average Bonchev–Trinajstić information content (AvgIpc) is 3.17. The summed E-state index contributed by atoms with van der Waals surface area (Å²) in [6, 6.07) is 9.88. The first kappa shape index (κ1) is 60.2. The second kappa shape index (κ2) is 25.5. The number of nitrogens with one attached hydrogen (secondary N) is 7. The van der Waals surface area contributed by atoms with Crippen molar-refractivity contribution in [3.05, 3.63) is 18.2 Å². The summed E-state index contributed by atoms with van der Waals surface area (Å²) in [4.78, 5) is 5.79. The number of hydrogen-bond donors (Lipinski definition) is 7. The second-order valence-electron chi connectivity index (χ2n) is 29.5. The molecule has 412 valence electrons. The van der Waals surface area contributed by atoms with Crippen molar-refractivity contribution in [1.82, 2.24) is 31.9 Å². The van der Waals surface area contributed by atoms with Crippen LogP contribution in [0.3, 0.4) is 0 Å². The third-order valence-corrected chi connectivity index (χ3v) is 16.5. The molecule has 0 atom stereocenters. The van der Waals surface area contributed by atoms with E-state index in [2.05, 4.69) is 183 Å². The molecule has 0 bridgehead atoms. The van der Waals surface area contributed by atoms with E-state index in [-0.39, 0.29) is 44.3 Å². The number of rotatable bonds is 28. The maximum atomic E-state index is 4.05. The highest BCUT2D eigenvalue weighted by Crippen LogP contribution is 2.40. The first-order chi connectivity index (χ1) is 33.0. The van der Waals surface area contributed by atoms with E-state index in [1.54, 1.807) is 0 Å². The quantitative estimate of drug-likeness (QED) is 0.0415. The molecule has 71 heavy (non-hydrogen) atoms. The van der Waals surface area contributed by atoms with Crippen LogP contribution in [0.25, 0.3) is 0 Å². The normalized spacial score (nSPS) is 23.9. The van der Waals surface area contributed by atoms with Crippen LogP contribution in [0, 0.1) is 0 Å². The Labute approximate surface area is 440 Å². The Bertz CT molecular complexity index is 1550. The number of nitrogens with zero attached hydrogens (tertiary/aromatic N) is 2. The predicted octanol–water partition coefficient (Wildman–Crippen LogP) is 13.6. The van der Waals surface area contributed by atoms with Crippen molar-refractivity contribution in [1.29, 1.82) is 0 Å². The SMILES string of the molecule is CCCCCCCCNc1cc(N(CCCCCCNC2CC(C)(C)NC(C)(C)C2)C2CC(C)(C)NC(C)(C)C2)cc(N(CCCCCCNC2CC(C)(C)NC(C)(C)C2)C2CC(C)(C)NC(C)(C)C2)c1. The molecule has 4 aliphatic heterocycles. The van der Waals surface area contributed by atoms with E-state index < -0.39 is 0 Å². The lowest BCUT2D eigenvalue weighted by Crippen LogP contribution is -2.62. The Balaban J connectivity index is 1.36. The van der Waals surface area contributed by atoms with Gasteiger partial charge in [-0.2, -0.15) is 0 Å². The van der Waals surface area contributed by atoms with Crippen LogP contribution in [0.15, 0.2) is 18.2 Å². The van der Waals surface area contributed by atoms with E-state index in [0.717, 1.165) is 58.4 Å². The van der Waals surface area contributed by atoms with Crippen molar-refractivity contribution in [3.63, 3.8) is 0 Å². The maximum absolute atomic E-state index is 4.05. The zero-order valence-electron chi connectivity index (χ0n) is 50.0. The fourth-order valence-corrected chi connectivity index (χ4v) is 15.3. The molecule has 0 aromatic heterocycles. The molecule has 0 aliphatic carbocycles. The van der Waals surface area contributed by atoms with Gasteiger partial charge >= 0.3 is 0 Å². The predicted molar refractivity (Wildman–Crippen MR) is 313 cm³/mol. The summed E-state index contributed by atoms with van der Waals surface area (Å²) in [6.45, 7) is 46.3. The van der Waals surface area contributed by atoms with Gasteiger partial charge in [0.05, 0.1) is 0 Å². The van der Waals surface area contributed by atoms with Gasteiger partial charge in [0.25, 0.3) is 0 Å². The van der Waals surface area contributed by atoms with E-state index in [9.17, 15) is 0 Å². The molecule has 0 amide bonds. The van der Waals surface area contributed by atoms with Crippen molar-refractivity contribution < 1.29 is 0 Å². The molecule has 4 saturated heterocycles. The van der Waals surface area contributed by atoms with Gasteiger partial charge in [-0.3, -0.25) is 0 Å². The van der Waals surface area contributed by atoms with Gasteiger partial charge in [-0.05, 0) is 226 Å². The largest absolute Gasteiger partial charge is 0.385 e. The van der Waals surface area contributed by atoms with E-state index in [4.69, 9.17) is 0 Å². The lowest BCUT2D eigenvalue weighted by atomic mass is 9.78. The molecule has 4 heterocycles. The molecule has 5 rings (SSSR count). The molecule has 0 radical (unpaired) electrons. The van der Waals surface area contributed by atoms with Crippen LogP contribution in [-0.4, -0.2) is 101 Å². The molecule has 1 aromatic carbocycles. The summed E-state index contributed by atoms with van der Waals surface area (Å²) in [5.74, 6) is 0. The Kier molecular flexibility index (Phi) is 21.6. The summed E-state index contributed by atoms with van der Waals surface area (Å²) in [7, 11) is 0. The Hall–Kier alpha value is -1.62. The molecule has 7 N–H and O–H groups in total. The van der Waals surface area contributed by atoms with Gasteiger partial charge in [0.1, 0.15) is 0 Å². The van der Waals surface area contributed by atoms with Crippen LogP contribution in [0.4, 0.5) is 17.1 Å². The zero-order valence-corrected chi connectivity index (χ0v) is 50.0. The first-order valence-corrected chi connectivity index (χ1v) is 30.0. The molecule has 4 aliphatic rings. The molecule has 9 heteroatoms. The molecule has 9 nitrogen and oxygen atoms in total. The van der Waals surface area contributed by atoms with Gasteiger partial charge in [0.15, 0.2) is 0 Å².